The molecule has 0 bridgehead atoms. The first-order valence-corrected chi connectivity index (χ1v) is 8.45. The van der Waals surface area contributed by atoms with Crippen molar-refractivity contribution in [1.82, 2.24) is 14.7 Å². The molecule has 1 amide bonds. The van der Waals surface area contributed by atoms with Crippen LogP contribution in [0.25, 0.3) is 0 Å². The molecule has 136 valence electrons. The van der Waals surface area contributed by atoms with Gasteiger partial charge in [-0.25, -0.2) is 4.79 Å². The van der Waals surface area contributed by atoms with Crippen LogP contribution >= 0.6 is 0 Å². The topological polar surface area (TPSA) is 76.5 Å². The summed E-state index contributed by atoms with van der Waals surface area (Å²) in [6, 6.07) is 0. The number of aryl methyl sites for hydroxylation is 1. The van der Waals surface area contributed by atoms with Gasteiger partial charge in [0.05, 0.1) is 19.3 Å². The van der Waals surface area contributed by atoms with Crippen molar-refractivity contribution in [3.63, 3.8) is 0 Å². The van der Waals surface area contributed by atoms with Crippen molar-refractivity contribution in [3.05, 3.63) is 11.8 Å². The molecule has 0 fully saturated rings. The van der Waals surface area contributed by atoms with E-state index >= 15 is 0 Å². The van der Waals surface area contributed by atoms with Crippen molar-refractivity contribution in [1.29, 1.82) is 0 Å². The molecule has 1 rings (SSSR count). The lowest BCUT2D eigenvalue weighted by Crippen LogP contribution is -2.38. The number of hydrogen-bond donors (Lipinski definition) is 1. The highest BCUT2D eigenvalue weighted by Crippen LogP contribution is 2.15. The van der Waals surface area contributed by atoms with Gasteiger partial charge in [0.1, 0.15) is 11.4 Å². The monoisotopic (exact) mass is 338 g/mol. The van der Waals surface area contributed by atoms with Gasteiger partial charge in [0.25, 0.3) is 0 Å². The highest BCUT2D eigenvalue weighted by Gasteiger charge is 2.20. The Morgan fingerprint density at radius 2 is 1.83 bits per heavy atom. The molecule has 0 aliphatic rings. The summed E-state index contributed by atoms with van der Waals surface area (Å²) in [5.74, 6) is 0.673. The standard InChI is InChI=1S/C17H30N4O3/c1-7-24-17(23)14-8-18-20(6)16(14)19-15(22)11-21(9-12(2)3)10-13(4)5/h8,12-13H,7,9-11H2,1-6H3,(H,19,22). The van der Waals surface area contributed by atoms with E-state index in [1.54, 1.807) is 14.0 Å². The van der Waals surface area contributed by atoms with Gasteiger partial charge in [0.2, 0.25) is 5.91 Å². The van der Waals surface area contributed by atoms with Gasteiger partial charge >= 0.3 is 5.97 Å². The second-order valence-corrected chi connectivity index (χ2v) is 6.78. The number of hydrogen-bond acceptors (Lipinski definition) is 5. The van der Waals surface area contributed by atoms with Crippen LogP contribution in [0.15, 0.2) is 6.20 Å². The SMILES string of the molecule is CCOC(=O)c1cnn(C)c1NC(=O)CN(CC(C)C)CC(C)C. The van der Waals surface area contributed by atoms with Gasteiger partial charge in [-0.2, -0.15) is 5.10 Å². The second kappa shape index (κ2) is 9.42. The predicted molar refractivity (Wildman–Crippen MR) is 93.9 cm³/mol. The minimum Gasteiger partial charge on any atom is -0.462 e. The number of esters is 1. The molecule has 0 saturated heterocycles. The number of amides is 1. The van der Waals surface area contributed by atoms with Crippen LogP contribution in [0.5, 0.6) is 0 Å². The molecule has 0 spiro atoms. The predicted octanol–water partition coefficient (Wildman–Crippen LogP) is 2.15. The Labute approximate surface area is 144 Å². The van der Waals surface area contributed by atoms with Gasteiger partial charge < -0.3 is 10.1 Å². The van der Waals surface area contributed by atoms with Crippen LogP contribution in [0.3, 0.4) is 0 Å². The van der Waals surface area contributed by atoms with E-state index in [1.807, 2.05) is 0 Å². The number of carbonyl (C=O) groups is 2. The van der Waals surface area contributed by atoms with E-state index in [2.05, 4.69) is 43.0 Å². The minimum absolute atomic E-state index is 0.162. The van der Waals surface area contributed by atoms with Crippen molar-refractivity contribution in [3.8, 4) is 0 Å². The number of nitrogens with zero attached hydrogens (tertiary/aromatic N) is 3. The van der Waals surface area contributed by atoms with Gasteiger partial charge in [-0.1, -0.05) is 27.7 Å². The Morgan fingerprint density at radius 1 is 1.25 bits per heavy atom. The molecule has 0 aliphatic carbocycles. The smallest absolute Gasteiger partial charge is 0.343 e. The van der Waals surface area contributed by atoms with E-state index in [0.29, 0.717) is 17.7 Å². The summed E-state index contributed by atoms with van der Waals surface area (Å²) in [5.41, 5.74) is 0.270. The van der Waals surface area contributed by atoms with Crippen molar-refractivity contribution < 1.29 is 14.3 Å². The van der Waals surface area contributed by atoms with Crippen molar-refractivity contribution in [2.24, 2.45) is 18.9 Å². The molecule has 7 nitrogen and oxygen atoms in total. The van der Waals surface area contributed by atoms with Crippen LogP contribution in [0.1, 0.15) is 45.0 Å². The molecule has 0 radical (unpaired) electrons. The van der Waals surface area contributed by atoms with E-state index in [9.17, 15) is 9.59 Å². The Bertz CT molecular complexity index is 542. The molecule has 24 heavy (non-hydrogen) atoms. The van der Waals surface area contributed by atoms with E-state index in [-0.39, 0.29) is 24.6 Å². The Kier molecular flexibility index (Phi) is 7.91. The van der Waals surface area contributed by atoms with E-state index in [4.69, 9.17) is 4.74 Å². The lowest BCUT2D eigenvalue weighted by molar-refractivity contribution is -0.117. The third-order valence-corrected chi connectivity index (χ3v) is 3.31. The molecule has 0 atom stereocenters. The summed E-state index contributed by atoms with van der Waals surface area (Å²) in [4.78, 5) is 26.5. The van der Waals surface area contributed by atoms with Gasteiger partial charge in [0.15, 0.2) is 0 Å². The van der Waals surface area contributed by atoms with Crippen LogP contribution in [-0.2, 0) is 16.6 Å². The number of carbonyl (C=O) groups excluding carboxylic acids is 2. The molecule has 0 aliphatic heterocycles. The third-order valence-electron chi connectivity index (χ3n) is 3.31. The average molecular weight is 338 g/mol. The molecule has 1 aromatic rings. The molecule has 0 unspecified atom stereocenters. The third kappa shape index (κ3) is 6.31. The van der Waals surface area contributed by atoms with Crippen molar-refractivity contribution in [2.45, 2.75) is 34.6 Å². The summed E-state index contributed by atoms with van der Waals surface area (Å²) < 4.78 is 6.47. The molecule has 1 heterocycles. The average Bonchev–Trinajstić information content (AvgIpc) is 2.78. The van der Waals surface area contributed by atoms with Crippen molar-refractivity contribution >= 4 is 17.7 Å². The maximum Gasteiger partial charge on any atom is 0.343 e. The lowest BCUT2D eigenvalue weighted by atomic mass is 10.1. The fourth-order valence-corrected chi connectivity index (χ4v) is 2.56. The first-order chi connectivity index (χ1) is 11.2. The molecule has 1 aromatic heterocycles. The fraction of sp³-hybridized carbons (Fsp3) is 0.706. The Hall–Kier alpha value is -1.89. The Morgan fingerprint density at radius 3 is 2.33 bits per heavy atom. The zero-order chi connectivity index (χ0) is 18.3. The number of anilines is 1. The zero-order valence-electron chi connectivity index (χ0n) is 15.6. The summed E-state index contributed by atoms with van der Waals surface area (Å²) in [6.45, 7) is 12.5. The molecule has 0 saturated carbocycles. The van der Waals surface area contributed by atoms with Gasteiger partial charge in [0, 0.05) is 20.1 Å². The summed E-state index contributed by atoms with van der Waals surface area (Å²) in [6.07, 6.45) is 1.41. The minimum atomic E-state index is -0.484. The Balaban J connectivity index is 2.79. The van der Waals surface area contributed by atoms with Gasteiger partial charge in [-0.05, 0) is 18.8 Å². The normalized spacial score (nSPS) is 11.4. The van der Waals surface area contributed by atoms with Crippen molar-refractivity contribution in [2.75, 3.05) is 31.6 Å². The number of rotatable bonds is 9. The maximum atomic E-state index is 12.4. The lowest BCUT2D eigenvalue weighted by Gasteiger charge is -2.25. The van der Waals surface area contributed by atoms with Crippen LogP contribution in [-0.4, -0.2) is 52.8 Å². The second-order valence-electron chi connectivity index (χ2n) is 6.78. The van der Waals surface area contributed by atoms with Crippen LogP contribution in [0.2, 0.25) is 0 Å². The summed E-state index contributed by atoms with van der Waals surface area (Å²) in [5, 5.41) is 6.83. The first kappa shape index (κ1) is 20.2. The molecule has 1 N–H and O–H groups in total. The zero-order valence-corrected chi connectivity index (χ0v) is 15.6. The van der Waals surface area contributed by atoms with Crippen LogP contribution in [0.4, 0.5) is 5.82 Å². The van der Waals surface area contributed by atoms with E-state index < -0.39 is 5.97 Å². The summed E-state index contributed by atoms with van der Waals surface area (Å²) in [7, 11) is 1.68. The highest BCUT2D eigenvalue weighted by atomic mass is 16.5. The van der Waals surface area contributed by atoms with Gasteiger partial charge in [-0.15, -0.1) is 0 Å². The highest BCUT2D eigenvalue weighted by molar-refractivity contribution is 6.00. The van der Waals surface area contributed by atoms with E-state index in [0.717, 1.165) is 13.1 Å². The largest absolute Gasteiger partial charge is 0.462 e. The van der Waals surface area contributed by atoms with E-state index in [1.165, 1.54) is 10.9 Å². The molecule has 7 heteroatoms. The molecule has 0 aromatic carbocycles. The van der Waals surface area contributed by atoms with Crippen LogP contribution < -0.4 is 5.32 Å². The quantitative estimate of drug-likeness (QED) is 0.698. The number of ether oxygens (including phenoxy) is 1. The maximum absolute atomic E-state index is 12.4. The summed E-state index contributed by atoms with van der Waals surface area (Å²) >= 11 is 0. The first-order valence-electron chi connectivity index (χ1n) is 8.45. The van der Waals surface area contributed by atoms with Crippen LogP contribution in [0, 0.1) is 11.8 Å². The molecular weight excluding hydrogens is 308 g/mol. The number of nitrogens with one attached hydrogen (secondary N) is 1. The molecular formula is C17H30N4O3. The number of aromatic nitrogens is 2. The van der Waals surface area contributed by atoms with Gasteiger partial charge in [-0.3, -0.25) is 14.4 Å². The fourth-order valence-electron chi connectivity index (χ4n) is 2.56.